The summed E-state index contributed by atoms with van der Waals surface area (Å²) in [5.41, 5.74) is 1.61. The Labute approximate surface area is 239 Å². The van der Waals surface area contributed by atoms with Crippen LogP contribution >= 0.6 is 15.9 Å². The van der Waals surface area contributed by atoms with Crippen LogP contribution in [0.15, 0.2) is 107 Å². The minimum absolute atomic E-state index is 0.0453. The number of benzene rings is 3. The van der Waals surface area contributed by atoms with Crippen molar-refractivity contribution in [2.45, 2.75) is 17.4 Å². The summed E-state index contributed by atoms with van der Waals surface area (Å²) in [6.45, 7) is 0. The summed E-state index contributed by atoms with van der Waals surface area (Å²) in [4.78, 5) is 43.0. The first-order valence-corrected chi connectivity index (χ1v) is 14.2. The van der Waals surface area contributed by atoms with Gasteiger partial charge in [0.2, 0.25) is 21.8 Å². The molecule has 1 aromatic heterocycles. The van der Waals surface area contributed by atoms with Crippen LogP contribution in [0.4, 0.5) is 11.5 Å². The number of aromatic nitrogens is 1. The Morgan fingerprint density at radius 2 is 1.52 bits per heavy atom. The van der Waals surface area contributed by atoms with Crippen molar-refractivity contribution in [3.05, 3.63) is 107 Å². The van der Waals surface area contributed by atoms with E-state index >= 15 is 0 Å². The lowest BCUT2D eigenvalue weighted by molar-refractivity contribution is -0.122. The standard InChI is InChI=1S/C28H24BrN5O5S/c29-20-14-15-25(31-17-20)34-26(35)16-23(28(37)32-21-6-2-1-3-7-21)33-27(36)19-12-10-18(11-13-19)22-8-4-5-9-24(22)40(30,38)39/h1-15,17,23H,16H2,(H,32,37)(H,33,36)(H2,30,38,39)(H,31,34,35). The van der Waals surface area contributed by atoms with Gasteiger partial charge in [-0.25, -0.2) is 18.5 Å². The number of pyridine rings is 1. The molecule has 1 heterocycles. The molecule has 0 aliphatic rings. The van der Waals surface area contributed by atoms with Crippen LogP contribution in [0.2, 0.25) is 0 Å². The number of nitrogens with two attached hydrogens (primary N) is 1. The SMILES string of the molecule is NS(=O)(=O)c1ccccc1-c1ccc(C(=O)NC(CC(=O)Nc2ccc(Br)cn2)C(=O)Nc2ccccc2)cc1. The summed E-state index contributed by atoms with van der Waals surface area (Å²) in [6.07, 6.45) is 1.16. The topological polar surface area (TPSA) is 160 Å². The van der Waals surface area contributed by atoms with Gasteiger partial charge in [0.1, 0.15) is 11.9 Å². The number of carbonyl (C=O) groups excluding carboxylic acids is 3. The molecular weight excluding hydrogens is 598 g/mol. The van der Waals surface area contributed by atoms with Crippen LogP contribution in [0.5, 0.6) is 0 Å². The maximum absolute atomic E-state index is 13.1. The monoisotopic (exact) mass is 621 g/mol. The van der Waals surface area contributed by atoms with Crippen molar-refractivity contribution in [2.75, 3.05) is 10.6 Å². The van der Waals surface area contributed by atoms with Gasteiger partial charge in [0.05, 0.1) is 11.3 Å². The third-order valence-corrected chi connectivity index (χ3v) is 7.14. The number of nitrogens with zero attached hydrogens (tertiary/aromatic N) is 1. The van der Waals surface area contributed by atoms with Gasteiger partial charge in [-0.05, 0) is 64.0 Å². The maximum Gasteiger partial charge on any atom is 0.251 e. The summed E-state index contributed by atoms with van der Waals surface area (Å²) in [7, 11) is -3.96. The van der Waals surface area contributed by atoms with E-state index in [1.165, 1.54) is 24.4 Å². The highest BCUT2D eigenvalue weighted by Gasteiger charge is 2.25. The van der Waals surface area contributed by atoms with Gasteiger partial charge in [0.25, 0.3) is 5.91 Å². The molecule has 12 heteroatoms. The third-order valence-electron chi connectivity index (χ3n) is 5.70. The molecule has 10 nitrogen and oxygen atoms in total. The summed E-state index contributed by atoms with van der Waals surface area (Å²) in [6, 6.07) is 23.1. The second-order valence-electron chi connectivity index (χ2n) is 8.61. The zero-order valence-electron chi connectivity index (χ0n) is 20.9. The van der Waals surface area contributed by atoms with Crippen molar-refractivity contribution >= 4 is 55.2 Å². The van der Waals surface area contributed by atoms with Crippen molar-refractivity contribution in [1.29, 1.82) is 0 Å². The van der Waals surface area contributed by atoms with Gasteiger partial charge in [-0.2, -0.15) is 0 Å². The molecule has 5 N–H and O–H groups in total. The molecule has 204 valence electrons. The molecule has 0 fully saturated rings. The molecule has 0 saturated carbocycles. The number of hydrogen-bond donors (Lipinski definition) is 4. The molecule has 3 aromatic carbocycles. The summed E-state index contributed by atoms with van der Waals surface area (Å²) >= 11 is 3.27. The zero-order chi connectivity index (χ0) is 28.7. The van der Waals surface area contributed by atoms with E-state index in [-0.39, 0.29) is 22.7 Å². The van der Waals surface area contributed by atoms with Crippen LogP contribution in [-0.4, -0.2) is 37.2 Å². The predicted molar refractivity (Wildman–Crippen MR) is 155 cm³/mol. The number of sulfonamides is 1. The van der Waals surface area contributed by atoms with E-state index in [0.29, 0.717) is 16.8 Å². The highest BCUT2D eigenvalue weighted by molar-refractivity contribution is 9.10. The van der Waals surface area contributed by atoms with Crippen LogP contribution in [-0.2, 0) is 19.6 Å². The number of primary sulfonamides is 1. The van der Waals surface area contributed by atoms with Gasteiger partial charge >= 0.3 is 0 Å². The Hall–Kier alpha value is -4.39. The molecule has 1 unspecified atom stereocenters. The van der Waals surface area contributed by atoms with Crippen molar-refractivity contribution in [3.63, 3.8) is 0 Å². The van der Waals surface area contributed by atoms with Crippen LogP contribution in [0.1, 0.15) is 16.8 Å². The van der Waals surface area contributed by atoms with E-state index < -0.39 is 33.8 Å². The fourth-order valence-corrected chi connectivity index (χ4v) is 4.78. The molecule has 4 aromatic rings. The molecule has 1 atom stereocenters. The van der Waals surface area contributed by atoms with Gasteiger partial charge < -0.3 is 16.0 Å². The van der Waals surface area contributed by atoms with Gasteiger partial charge in [0, 0.05) is 27.5 Å². The highest BCUT2D eigenvalue weighted by Crippen LogP contribution is 2.26. The molecule has 0 spiro atoms. The lowest BCUT2D eigenvalue weighted by Crippen LogP contribution is -2.45. The van der Waals surface area contributed by atoms with Gasteiger partial charge in [-0.3, -0.25) is 14.4 Å². The van der Waals surface area contributed by atoms with Crippen LogP contribution in [0.3, 0.4) is 0 Å². The van der Waals surface area contributed by atoms with Gasteiger partial charge in [-0.15, -0.1) is 0 Å². The van der Waals surface area contributed by atoms with Gasteiger partial charge in [0.15, 0.2) is 0 Å². The number of halogens is 1. The molecule has 0 aliphatic heterocycles. The molecule has 0 radical (unpaired) electrons. The van der Waals surface area contributed by atoms with E-state index in [0.717, 1.165) is 4.47 Å². The normalized spacial score (nSPS) is 11.8. The first-order valence-electron chi connectivity index (χ1n) is 11.9. The van der Waals surface area contributed by atoms with Crippen molar-refractivity contribution in [3.8, 4) is 11.1 Å². The van der Waals surface area contributed by atoms with E-state index in [1.807, 2.05) is 0 Å². The Bertz CT molecular complexity index is 1630. The molecule has 4 rings (SSSR count). The lowest BCUT2D eigenvalue weighted by atomic mass is 10.0. The number of anilines is 2. The average molecular weight is 623 g/mol. The second-order valence-corrected chi connectivity index (χ2v) is 11.1. The van der Waals surface area contributed by atoms with Crippen molar-refractivity contribution < 1.29 is 22.8 Å². The van der Waals surface area contributed by atoms with Gasteiger partial charge in [-0.1, -0.05) is 48.5 Å². The van der Waals surface area contributed by atoms with Crippen LogP contribution in [0, 0.1) is 0 Å². The first-order chi connectivity index (χ1) is 19.1. The van der Waals surface area contributed by atoms with E-state index in [1.54, 1.807) is 72.8 Å². The Morgan fingerprint density at radius 3 is 2.17 bits per heavy atom. The quantitative estimate of drug-likeness (QED) is 0.221. The highest BCUT2D eigenvalue weighted by atomic mass is 79.9. The predicted octanol–water partition coefficient (Wildman–Crippen LogP) is 3.92. The second kappa shape index (κ2) is 12.6. The Kier molecular flexibility index (Phi) is 9.04. The fourth-order valence-electron chi connectivity index (χ4n) is 3.79. The fraction of sp³-hybridized carbons (Fsp3) is 0.0714. The summed E-state index contributed by atoms with van der Waals surface area (Å²) in [5.74, 6) is -1.43. The largest absolute Gasteiger partial charge is 0.340 e. The van der Waals surface area contributed by atoms with Crippen molar-refractivity contribution in [2.24, 2.45) is 5.14 Å². The van der Waals surface area contributed by atoms with E-state index in [4.69, 9.17) is 5.14 Å². The van der Waals surface area contributed by atoms with E-state index in [9.17, 15) is 22.8 Å². The molecule has 3 amide bonds. The zero-order valence-corrected chi connectivity index (χ0v) is 23.3. The number of amides is 3. The smallest absolute Gasteiger partial charge is 0.251 e. The number of nitrogens with one attached hydrogen (secondary N) is 3. The van der Waals surface area contributed by atoms with Crippen LogP contribution in [0.25, 0.3) is 11.1 Å². The number of rotatable bonds is 9. The lowest BCUT2D eigenvalue weighted by Gasteiger charge is -2.18. The molecule has 40 heavy (non-hydrogen) atoms. The molecular formula is C28H24BrN5O5S. The average Bonchev–Trinajstić information content (AvgIpc) is 2.94. The van der Waals surface area contributed by atoms with Crippen molar-refractivity contribution in [1.82, 2.24) is 10.3 Å². The molecule has 0 saturated heterocycles. The summed E-state index contributed by atoms with van der Waals surface area (Å²) < 4.78 is 24.7. The summed E-state index contributed by atoms with van der Waals surface area (Å²) in [5, 5.41) is 13.3. The number of carbonyl (C=O) groups is 3. The Balaban J connectivity index is 1.52. The first kappa shape index (κ1) is 28.6. The molecule has 0 aliphatic carbocycles. The van der Waals surface area contributed by atoms with E-state index in [2.05, 4.69) is 36.9 Å². The Morgan fingerprint density at radius 1 is 0.850 bits per heavy atom. The molecule has 0 bridgehead atoms. The number of para-hydroxylation sites is 1. The minimum atomic E-state index is -3.96. The third kappa shape index (κ3) is 7.59. The van der Waals surface area contributed by atoms with Crippen LogP contribution < -0.4 is 21.1 Å². The minimum Gasteiger partial charge on any atom is -0.340 e. The maximum atomic E-state index is 13.1. The number of hydrogen-bond acceptors (Lipinski definition) is 6.